The quantitative estimate of drug-likeness (QED) is 0.425. The molecule has 23 heavy (non-hydrogen) atoms. The Morgan fingerprint density at radius 1 is 0.565 bits per heavy atom. The normalized spacial score (nSPS) is 15.9. The van der Waals surface area contributed by atoms with Crippen LogP contribution in [0.3, 0.4) is 0 Å². The molecule has 2 atom stereocenters. The molecular weight excluding hydrogens is 284 g/mol. The van der Waals surface area contributed by atoms with Crippen molar-refractivity contribution in [3.05, 3.63) is 0 Å². The van der Waals surface area contributed by atoms with E-state index in [-0.39, 0.29) is 17.6 Å². The zero-order valence-electron chi connectivity index (χ0n) is 17.6. The second kappa shape index (κ2) is 10.7. The molecule has 2 nitrogen and oxygen atoms in total. The number of methoxy groups -OCH3 is 2. The highest BCUT2D eigenvalue weighted by Crippen LogP contribution is 2.46. The van der Waals surface area contributed by atoms with Gasteiger partial charge in [0, 0.05) is 19.6 Å². The largest absolute Gasteiger partial charge is 0.381 e. The first-order valence-corrected chi connectivity index (χ1v) is 9.64. The number of hydrogen-bond donors (Lipinski definition) is 0. The second-order valence-corrected chi connectivity index (χ2v) is 9.14. The minimum atomic E-state index is 0.0976. The Labute approximate surface area is 146 Å². The maximum Gasteiger partial charge on any atom is 0.0655 e. The Kier molecular flexibility index (Phi) is 10.7. The lowest BCUT2D eigenvalue weighted by Gasteiger charge is -2.48. The molecule has 0 heterocycles. The van der Waals surface area contributed by atoms with E-state index in [1.54, 1.807) is 0 Å². The molecule has 0 saturated carbocycles. The molecule has 0 N–H and O–H groups in total. The van der Waals surface area contributed by atoms with Crippen molar-refractivity contribution >= 4 is 0 Å². The van der Waals surface area contributed by atoms with E-state index in [0.717, 1.165) is 12.8 Å². The molecule has 140 valence electrons. The Bertz CT molecular complexity index is 264. The predicted octanol–water partition coefficient (Wildman–Crippen LogP) is 6.19. The summed E-state index contributed by atoms with van der Waals surface area (Å²) < 4.78 is 12.2. The van der Waals surface area contributed by atoms with E-state index in [4.69, 9.17) is 9.47 Å². The van der Waals surface area contributed by atoms with Gasteiger partial charge in [0.2, 0.25) is 0 Å². The summed E-state index contributed by atoms with van der Waals surface area (Å²) >= 11 is 0. The second-order valence-electron chi connectivity index (χ2n) is 9.14. The summed E-state index contributed by atoms with van der Waals surface area (Å²) in [4.78, 5) is 0. The fourth-order valence-electron chi connectivity index (χ4n) is 4.32. The third-order valence-corrected chi connectivity index (χ3v) is 4.80. The van der Waals surface area contributed by atoms with E-state index in [1.807, 2.05) is 14.2 Å². The maximum atomic E-state index is 6.11. The van der Waals surface area contributed by atoms with E-state index in [0.29, 0.717) is 23.7 Å². The SMILES string of the molecule is COC(CC(C)C)C(CC(C)C)(CC(C)C)C(CC(C)C)OC. The number of rotatable bonds is 12. The van der Waals surface area contributed by atoms with Crippen molar-refractivity contribution in [1.29, 1.82) is 0 Å². The zero-order valence-corrected chi connectivity index (χ0v) is 17.6. The van der Waals surface area contributed by atoms with Gasteiger partial charge in [-0.3, -0.25) is 0 Å². The fourth-order valence-corrected chi connectivity index (χ4v) is 4.32. The van der Waals surface area contributed by atoms with Gasteiger partial charge in [-0.1, -0.05) is 55.4 Å². The van der Waals surface area contributed by atoms with Gasteiger partial charge in [-0.05, 0) is 49.4 Å². The summed E-state index contributed by atoms with van der Waals surface area (Å²) in [7, 11) is 3.79. The summed E-state index contributed by atoms with van der Waals surface area (Å²) in [5.74, 6) is 2.55. The first-order valence-electron chi connectivity index (χ1n) is 9.64. The van der Waals surface area contributed by atoms with Gasteiger partial charge in [0.15, 0.2) is 0 Å². The van der Waals surface area contributed by atoms with Gasteiger partial charge in [0.1, 0.15) is 0 Å². The van der Waals surface area contributed by atoms with Crippen LogP contribution in [0.5, 0.6) is 0 Å². The minimum absolute atomic E-state index is 0.0976. The predicted molar refractivity (Wildman–Crippen MR) is 102 cm³/mol. The highest BCUT2D eigenvalue weighted by Gasteiger charge is 2.46. The molecule has 0 aliphatic heterocycles. The lowest BCUT2D eigenvalue weighted by atomic mass is 9.63. The first kappa shape index (κ1) is 22.9. The summed E-state index contributed by atoms with van der Waals surface area (Å²) in [5, 5.41) is 0. The van der Waals surface area contributed by atoms with Crippen molar-refractivity contribution in [2.45, 2.75) is 93.3 Å². The van der Waals surface area contributed by atoms with Crippen molar-refractivity contribution in [1.82, 2.24) is 0 Å². The molecule has 0 fully saturated rings. The van der Waals surface area contributed by atoms with E-state index < -0.39 is 0 Å². The van der Waals surface area contributed by atoms with E-state index >= 15 is 0 Å². The molecule has 0 radical (unpaired) electrons. The van der Waals surface area contributed by atoms with Gasteiger partial charge >= 0.3 is 0 Å². The minimum Gasteiger partial charge on any atom is -0.381 e. The third kappa shape index (κ3) is 7.56. The monoisotopic (exact) mass is 328 g/mol. The van der Waals surface area contributed by atoms with Crippen LogP contribution in [0.2, 0.25) is 0 Å². The lowest BCUT2D eigenvalue weighted by Crippen LogP contribution is -2.50. The van der Waals surface area contributed by atoms with Crippen molar-refractivity contribution in [3.8, 4) is 0 Å². The van der Waals surface area contributed by atoms with Crippen LogP contribution in [0.15, 0.2) is 0 Å². The van der Waals surface area contributed by atoms with Gasteiger partial charge in [0.05, 0.1) is 12.2 Å². The topological polar surface area (TPSA) is 18.5 Å². The average Bonchev–Trinajstić information content (AvgIpc) is 2.39. The third-order valence-electron chi connectivity index (χ3n) is 4.80. The molecule has 0 aromatic carbocycles. The van der Waals surface area contributed by atoms with Gasteiger partial charge in [-0.25, -0.2) is 0 Å². The van der Waals surface area contributed by atoms with Crippen LogP contribution in [-0.2, 0) is 9.47 Å². The first-order chi connectivity index (χ1) is 10.6. The van der Waals surface area contributed by atoms with Gasteiger partial charge in [-0.2, -0.15) is 0 Å². The van der Waals surface area contributed by atoms with E-state index in [9.17, 15) is 0 Å². The van der Waals surface area contributed by atoms with Gasteiger partial charge < -0.3 is 9.47 Å². The van der Waals surface area contributed by atoms with Crippen LogP contribution in [0.4, 0.5) is 0 Å². The Hall–Kier alpha value is -0.0800. The van der Waals surface area contributed by atoms with Crippen LogP contribution in [-0.4, -0.2) is 26.4 Å². The summed E-state index contributed by atoms with van der Waals surface area (Å²) in [6.07, 6.45) is 5.07. The van der Waals surface area contributed by atoms with Crippen molar-refractivity contribution in [2.24, 2.45) is 29.1 Å². The molecule has 0 aromatic rings. The van der Waals surface area contributed by atoms with Crippen LogP contribution < -0.4 is 0 Å². The van der Waals surface area contributed by atoms with Gasteiger partial charge in [-0.15, -0.1) is 0 Å². The molecule has 2 heteroatoms. The van der Waals surface area contributed by atoms with Crippen molar-refractivity contribution < 1.29 is 9.47 Å². The van der Waals surface area contributed by atoms with E-state index in [2.05, 4.69) is 55.4 Å². The molecule has 0 bridgehead atoms. The number of hydrogen-bond acceptors (Lipinski definition) is 2. The maximum absolute atomic E-state index is 6.11. The highest BCUT2D eigenvalue weighted by molar-refractivity contribution is 4.96. The molecular formula is C21H44O2. The van der Waals surface area contributed by atoms with Crippen LogP contribution in [0, 0.1) is 29.1 Å². The molecule has 0 spiro atoms. The molecule has 0 aromatic heterocycles. The van der Waals surface area contributed by atoms with E-state index in [1.165, 1.54) is 12.8 Å². The fraction of sp³-hybridized carbons (Fsp3) is 1.00. The summed E-state index contributed by atoms with van der Waals surface area (Å²) in [6.45, 7) is 18.5. The molecule has 0 aliphatic rings. The Morgan fingerprint density at radius 2 is 0.870 bits per heavy atom. The molecule has 0 aliphatic carbocycles. The highest BCUT2D eigenvalue weighted by atomic mass is 16.5. The molecule has 0 rings (SSSR count). The summed E-state index contributed by atoms with van der Waals surface area (Å²) in [5.41, 5.74) is 0.0976. The Balaban J connectivity index is 5.88. The molecule has 0 amide bonds. The Morgan fingerprint density at radius 3 is 1.04 bits per heavy atom. The molecule has 2 unspecified atom stereocenters. The number of ether oxygens (including phenoxy) is 2. The average molecular weight is 329 g/mol. The van der Waals surface area contributed by atoms with Gasteiger partial charge in [0.25, 0.3) is 0 Å². The lowest BCUT2D eigenvalue weighted by molar-refractivity contribution is -0.134. The van der Waals surface area contributed by atoms with Crippen molar-refractivity contribution in [2.75, 3.05) is 14.2 Å². The zero-order chi connectivity index (χ0) is 18.2. The molecule has 0 saturated heterocycles. The summed E-state index contributed by atoms with van der Waals surface area (Å²) in [6, 6.07) is 0. The van der Waals surface area contributed by atoms with Crippen LogP contribution in [0.1, 0.15) is 81.1 Å². The standard InChI is InChI=1S/C21H44O2/c1-15(2)11-19(22-9)21(13-17(5)6,14-18(7)8)20(23-10)12-16(3)4/h15-20H,11-14H2,1-10H3. The van der Waals surface area contributed by atoms with Crippen LogP contribution >= 0.6 is 0 Å². The van der Waals surface area contributed by atoms with Crippen LogP contribution in [0.25, 0.3) is 0 Å². The van der Waals surface area contributed by atoms with Crippen molar-refractivity contribution in [3.63, 3.8) is 0 Å². The smallest absolute Gasteiger partial charge is 0.0655 e.